The lowest BCUT2D eigenvalue weighted by molar-refractivity contribution is 0.219. The molecule has 76 valence electrons. The first-order valence-corrected chi connectivity index (χ1v) is 5.84. The van der Waals surface area contributed by atoms with Crippen molar-refractivity contribution in [1.82, 2.24) is 4.90 Å². The van der Waals surface area contributed by atoms with Gasteiger partial charge in [-0.1, -0.05) is 6.92 Å². The van der Waals surface area contributed by atoms with Crippen LogP contribution >= 0.6 is 11.8 Å². The van der Waals surface area contributed by atoms with Crippen LogP contribution in [0.4, 0.5) is 0 Å². The SMILES string of the molecule is CC1SCCN(CCC(=N)N)C1C. The number of hydrogen-bond acceptors (Lipinski definition) is 3. The lowest BCUT2D eigenvalue weighted by atomic mass is 10.2. The summed E-state index contributed by atoms with van der Waals surface area (Å²) in [5, 5.41) is 7.88. The molecule has 0 bridgehead atoms. The zero-order valence-corrected chi connectivity index (χ0v) is 9.23. The van der Waals surface area contributed by atoms with Gasteiger partial charge in [0.05, 0.1) is 5.84 Å². The molecular formula is C9H19N3S. The Labute approximate surface area is 84.6 Å². The average molecular weight is 201 g/mol. The molecule has 0 aromatic heterocycles. The largest absolute Gasteiger partial charge is 0.388 e. The summed E-state index contributed by atoms with van der Waals surface area (Å²) in [5.74, 6) is 1.52. The molecule has 0 amide bonds. The summed E-state index contributed by atoms with van der Waals surface area (Å²) in [6, 6.07) is 0.623. The van der Waals surface area contributed by atoms with Crippen molar-refractivity contribution in [2.24, 2.45) is 5.73 Å². The van der Waals surface area contributed by atoms with Crippen LogP contribution in [-0.2, 0) is 0 Å². The average Bonchev–Trinajstić information content (AvgIpc) is 2.07. The molecule has 3 nitrogen and oxygen atoms in total. The van der Waals surface area contributed by atoms with Crippen LogP contribution < -0.4 is 5.73 Å². The predicted octanol–water partition coefficient (Wildman–Crippen LogP) is 1.14. The summed E-state index contributed by atoms with van der Waals surface area (Å²) in [5.41, 5.74) is 5.34. The fourth-order valence-corrected chi connectivity index (χ4v) is 2.74. The second-order valence-electron chi connectivity index (χ2n) is 3.63. The Morgan fingerprint density at radius 2 is 2.31 bits per heavy atom. The summed E-state index contributed by atoms with van der Waals surface area (Å²) < 4.78 is 0. The lowest BCUT2D eigenvalue weighted by Crippen LogP contribution is -2.45. The van der Waals surface area contributed by atoms with Gasteiger partial charge in [0.15, 0.2) is 0 Å². The van der Waals surface area contributed by atoms with E-state index in [0.717, 1.165) is 13.1 Å². The van der Waals surface area contributed by atoms with Gasteiger partial charge in [-0.15, -0.1) is 0 Å². The lowest BCUT2D eigenvalue weighted by Gasteiger charge is -2.37. The molecule has 0 aromatic carbocycles. The number of nitrogens with zero attached hydrogens (tertiary/aromatic N) is 1. The Balaban J connectivity index is 2.35. The molecule has 0 aromatic rings. The number of nitrogens with one attached hydrogen (secondary N) is 1. The van der Waals surface area contributed by atoms with E-state index < -0.39 is 0 Å². The molecule has 0 aliphatic carbocycles. The van der Waals surface area contributed by atoms with E-state index in [1.54, 1.807) is 0 Å². The molecule has 2 unspecified atom stereocenters. The van der Waals surface area contributed by atoms with Crippen molar-refractivity contribution >= 4 is 17.6 Å². The molecule has 1 heterocycles. The van der Waals surface area contributed by atoms with Crippen LogP contribution in [0.3, 0.4) is 0 Å². The molecule has 0 radical (unpaired) electrons. The van der Waals surface area contributed by atoms with Crippen LogP contribution in [0.25, 0.3) is 0 Å². The van der Waals surface area contributed by atoms with Gasteiger partial charge >= 0.3 is 0 Å². The summed E-state index contributed by atoms with van der Waals surface area (Å²) in [6.45, 7) is 6.62. The molecule has 3 N–H and O–H groups in total. The van der Waals surface area contributed by atoms with Gasteiger partial charge in [0, 0.05) is 36.6 Å². The Bertz CT molecular complexity index is 184. The maximum Gasteiger partial charge on any atom is 0.0918 e. The van der Waals surface area contributed by atoms with Crippen molar-refractivity contribution in [1.29, 1.82) is 5.41 Å². The first-order chi connectivity index (χ1) is 6.11. The Hall–Kier alpha value is -0.220. The third kappa shape index (κ3) is 3.19. The van der Waals surface area contributed by atoms with E-state index in [1.807, 2.05) is 11.8 Å². The van der Waals surface area contributed by atoms with Gasteiger partial charge in [0.1, 0.15) is 0 Å². The summed E-state index contributed by atoms with van der Waals surface area (Å²) in [7, 11) is 0. The third-order valence-electron chi connectivity index (χ3n) is 2.68. The van der Waals surface area contributed by atoms with E-state index in [2.05, 4.69) is 18.7 Å². The number of nitrogens with two attached hydrogens (primary N) is 1. The number of thioether (sulfide) groups is 1. The van der Waals surface area contributed by atoms with Crippen molar-refractivity contribution in [2.45, 2.75) is 31.6 Å². The van der Waals surface area contributed by atoms with E-state index in [9.17, 15) is 0 Å². The minimum Gasteiger partial charge on any atom is -0.388 e. The minimum absolute atomic E-state index is 0.304. The van der Waals surface area contributed by atoms with E-state index >= 15 is 0 Å². The van der Waals surface area contributed by atoms with Crippen LogP contribution in [0.5, 0.6) is 0 Å². The van der Waals surface area contributed by atoms with Crippen LogP contribution in [0, 0.1) is 5.41 Å². The normalized spacial score (nSPS) is 30.3. The monoisotopic (exact) mass is 201 g/mol. The van der Waals surface area contributed by atoms with Crippen LogP contribution in [0.1, 0.15) is 20.3 Å². The Morgan fingerprint density at radius 3 is 2.92 bits per heavy atom. The van der Waals surface area contributed by atoms with Crippen LogP contribution in [-0.4, -0.2) is 40.9 Å². The molecule has 1 aliphatic rings. The highest BCUT2D eigenvalue weighted by Gasteiger charge is 2.24. The maximum atomic E-state index is 7.17. The summed E-state index contributed by atoms with van der Waals surface area (Å²) >= 11 is 2.04. The second kappa shape index (κ2) is 4.86. The minimum atomic E-state index is 0.304. The van der Waals surface area contributed by atoms with E-state index in [1.165, 1.54) is 5.75 Å². The van der Waals surface area contributed by atoms with Crippen molar-refractivity contribution in [3.05, 3.63) is 0 Å². The van der Waals surface area contributed by atoms with Gasteiger partial charge < -0.3 is 5.73 Å². The van der Waals surface area contributed by atoms with E-state index in [4.69, 9.17) is 11.1 Å². The fourth-order valence-electron chi connectivity index (χ4n) is 1.58. The number of rotatable bonds is 3. The third-order valence-corrected chi connectivity index (χ3v) is 4.02. The van der Waals surface area contributed by atoms with Crippen molar-refractivity contribution in [3.8, 4) is 0 Å². The van der Waals surface area contributed by atoms with Crippen molar-refractivity contribution < 1.29 is 0 Å². The Morgan fingerprint density at radius 1 is 1.62 bits per heavy atom. The maximum absolute atomic E-state index is 7.17. The molecule has 1 saturated heterocycles. The molecule has 13 heavy (non-hydrogen) atoms. The highest BCUT2D eigenvalue weighted by Crippen LogP contribution is 2.23. The molecule has 2 atom stereocenters. The first kappa shape index (κ1) is 10.9. The van der Waals surface area contributed by atoms with E-state index in [-0.39, 0.29) is 0 Å². The van der Waals surface area contributed by atoms with Gasteiger partial charge in [-0.2, -0.15) is 11.8 Å². The van der Waals surface area contributed by atoms with Gasteiger partial charge in [-0.3, -0.25) is 10.3 Å². The highest BCUT2D eigenvalue weighted by atomic mass is 32.2. The first-order valence-electron chi connectivity index (χ1n) is 4.80. The molecule has 0 saturated carbocycles. The summed E-state index contributed by atoms with van der Waals surface area (Å²) in [6.07, 6.45) is 0.710. The number of hydrogen-bond donors (Lipinski definition) is 2. The quantitative estimate of drug-likeness (QED) is 0.532. The van der Waals surface area contributed by atoms with Gasteiger partial charge in [0.25, 0.3) is 0 Å². The highest BCUT2D eigenvalue weighted by molar-refractivity contribution is 8.00. The van der Waals surface area contributed by atoms with Crippen LogP contribution in [0.2, 0.25) is 0 Å². The molecule has 1 rings (SSSR count). The Kier molecular flexibility index (Phi) is 4.06. The molecular weight excluding hydrogens is 182 g/mol. The molecule has 0 spiro atoms. The topological polar surface area (TPSA) is 53.1 Å². The van der Waals surface area contributed by atoms with Crippen molar-refractivity contribution in [3.63, 3.8) is 0 Å². The number of amidine groups is 1. The smallest absolute Gasteiger partial charge is 0.0918 e. The van der Waals surface area contributed by atoms with Gasteiger partial charge in [0.2, 0.25) is 0 Å². The van der Waals surface area contributed by atoms with Gasteiger partial charge in [-0.05, 0) is 6.92 Å². The van der Waals surface area contributed by atoms with Crippen LogP contribution in [0.15, 0.2) is 0 Å². The molecule has 1 fully saturated rings. The fraction of sp³-hybridized carbons (Fsp3) is 0.889. The molecule has 4 heteroatoms. The second-order valence-corrected chi connectivity index (χ2v) is 5.11. The predicted molar refractivity (Wildman–Crippen MR) is 59.5 cm³/mol. The zero-order chi connectivity index (χ0) is 9.84. The van der Waals surface area contributed by atoms with Gasteiger partial charge in [-0.25, -0.2) is 0 Å². The standard InChI is InChI=1S/C9H19N3S/c1-7-8(2)13-6-5-12(7)4-3-9(10)11/h7-8H,3-6H2,1-2H3,(H3,10,11). The zero-order valence-electron chi connectivity index (χ0n) is 8.42. The van der Waals surface area contributed by atoms with E-state index in [0.29, 0.717) is 23.5 Å². The van der Waals surface area contributed by atoms with Crippen molar-refractivity contribution in [2.75, 3.05) is 18.8 Å². The molecule has 1 aliphatic heterocycles. The summed E-state index contributed by atoms with van der Waals surface area (Å²) in [4.78, 5) is 2.43.